The first kappa shape index (κ1) is 18.7. The Morgan fingerprint density at radius 3 is 2.30 bits per heavy atom. The van der Waals surface area contributed by atoms with Crippen LogP contribution in [0.15, 0.2) is 40.6 Å². The Kier molecular flexibility index (Phi) is 5.63. The minimum Gasteiger partial charge on any atom is -0.378 e. The topological polar surface area (TPSA) is 49.9 Å². The van der Waals surface area contributed by atoms with Gasteiger partial charge in [0.1, 0.15) is 4.21 Å². The summed E-state index contributed by atoms with van der Waals surface area (Å²) in [5.74, 6) is 0. The van der Waals surface area contributed by atoms with Gasteiger partial charge in [-0.2, -0.15) is 4.31 Å². The van der Waals surface area contributed by atoms with Crippen LogP contribution in [0.3, 0.4) is 0 Å². The summed E-state index contributed by atoms with van der Waals surface area (Å²) in [5.41, 5.74) is 2.31. The molecule has 2 aromatic rings. The molecule has 0 spiro atoms. The quantitative estimate of drug-likeness (QED) is 0.765. The summed E-state index contributed by atoms with van der Waals surface area (Å²) in [6.07, 6.45) is 5.92. The molecule has 0 saturated carbocycles. The van der Waals surface area contributed by atoms with Crippen LogP contribution >= 0.6 is 11.3 Å². The molecule has 4 rings (SSSR count). The van der Waals surface area contributed by atoms with Crippen molar-refractivity contribution in [2.24, 2.45) is 0 Å². The molecule has 0 radical (unpaired) electrons. The molecule has 2 saturated heterocycles. The van der Waals surface area contributed by atoms with Gasteiger partial charge in [-0.25, -0.2) is 8.42 Å². The number of sulfonamides is 1. The second-order valence-corrected chi connectivity index (χ2v) is 10.1. The van der Waals surface area contributed by atoms with Crippen molar-refractivity contribution in [1.82, 2.24) is 4.31 Å². The van der Waals surface area contributed by atoms with Crippen LogP contribution in [0, 0.1) is 0 Å². The molecule has 27 heavy (non-hydrogen) atoms. The van der Waals surface area contributed by atoms with E-state index in [2.05, 4.69) is 29.2 Å². The van der Waals surface area contributed by atoms with Crippen molar-refractivity contribution >= 4 is 39.2 Å². The molecule has 2 fully saturated rings. The maximum Gasteiger partial charge on any atom is 0.252 e. The van der Waals surface area contributed by atoms with Crippen LogP contribution in [0.2, 0.25) is 0 Å². The predicted molar refractivity (Wildman–Crippen MR) is 111 cm³/mol. The molecule has 2 aliphatic rings. The number of nitrogens with zero attached hydrogens (tertiary/aromatic N) is 2. The molecule has 1 aromatic heterocycles. The number of rotatable bonds is 5. The van der Waals surface area contributed by atoms with E-state index in [-0.39, 0.29) is 0 Å². The van der Waals surface area contributed by atoms with Crippen LogP contribution in [0.1, 0.15) is 23.3 Å². The van der Waals surface area contributed by atoms with Crippen molar-refractivity contribution in [3.63, 3.8) is 0 Å². The lowest BCUT2D eigenvalue weighted by Crippen LogP contribution is -2.36. The fourth-order valence-corrected chi connectivity index (χ4v) is 6.31. The maximum atomic E-state index is 12.6. The van der Waals surface area contributed by atoms with Gasteiger partial charge in [-0.15, -0.1) is 11.3 Å². The lowest BCUT2D eigenvalue weighted by atomic mass is 10.1. The van der Waals surface area contributed by atoms with E-state index in [4.69, 9.17) is 4.74 Å². The normalized spacial score (nSPS) is 19.2. The monoisotopic (exact) mass is 404 g/mol. The van der Waals surface area contributed by atoms with Crippen LogP contribution in [0.5, 0.6) is 0 Å². The van der Waals surface area contributed by atoms with Crippen molar-refractivity contribution in [2.75, 3.05) is 44.3 Å². The second kappa shape index (κ2) is 8.14. The van der Waals surface area contributed by atoms with E-state index in [1.807, 2.05) is 18.2 Å². The fraction of sp³-hybridized carbons (Fsp3) is 0.400. The lowest BCUT2D eigenvalue weighted by Gasteiger charge is -2.28. The van der Waals surface area contributed by atoms with Crippen LogP contribution in [-0.4, -0.2) is 52.1 Å². The van der Waals surface area contributed by atoms with Gasteiger partial charge < -0.3 is 9.64 Å². The number of ether oxygens (including phenoxy) is 1. The lowest BCUT2D eigenvalue weighted by molar-refractivity contribution is 0.122. The highest BCUT2D eigenvalue weighted by atomic mass is 32.2. The Balaban J connectivity index is 1.43. The predicted octanol–water partition coefficient (Wildman–Crippen LogP) is 3.54. The SMILES string of the molecule is O=S(=O)(c1ccc(C=Cc2ccc(N3CCOCC3)cc2)s1)N1CCCC1. The van der Waals surface area contributed by atoms with E-state index in [1.54, 1.807) is 10.4 Å². The number of anilines is 1. The van der Waals surface area contributed by atoms with Crippen LogP contribution in [-0.2, 0) is 14.8 Å². The summed E-state index contributed by atoms with van der Waals surface area (Å²) in [5, 5.41) is 0. The van der Waals surface area contributed by atoms with Gasteiger partial charge in [-0.1, -0.05) is 18.2 Å². The summed E-state index contributed by atoms with van der Waals surface area (Å²) < 4.78 is 32.6. The van der Waals surface area contributed by atoms with E-state index in [1.165, 1.54) is 17.0 Å². The molecule has 0 aliphatic carbocycles. The number of morpholine rings is 1. The highest BCUT2D eigenvalue weighted by Gasteiger charge is 2.28. The first-order valence-electron chi connectivity index (χ1n) is 9.34. The minimum atomic E-state index is -3.32. The minimum absolute atomic E-state index is 0.437. The third kappa shape index (κ3) is 4.27. The average molecular weight is 405 g/mol. The van der Waals surface area contributed by atoms with Gasteiger partial charge in [0.2, 0.25) is 0 Å². The Hall–Kier alpha value is -1.67. The van der Waals surface area contributed by atoms with E-state index < -0.39 is 10.0 Å². The molecule has 0 unspecified atom stereocenters. The molecule has 0 amide bonds. The van der Waals surface area contributed by atoms with Crippen molar-refractivity contribution in [3.05, 3.63) is 46.8 Å². The molecular weight excluding hydrogens is 380 g/mol. The van der Waals surface area contributed by atoms with Gasteiger partial charge in [-0.3, -0.25) is 0 Å². The van der Waals surface area contributed by atoms with Gasteiger partial charge >= 0.3 is 0 Å². The molecule has 3 heterocycles. The number of hydrogen-bond donors (Lipinski definition) is 0. The second-order valence-electron chi connectivity index (χ2n) is 6.79. The van der Waals surface area contributed by atoms with Gasteiger partial charge in [0.25, 0.3) is 10.0 Å². The summed E-state index contributed by atoms with van der Waals surface area (Å²) in [6.45, 7) is 4.70. The summed E-state index contributed by atoms with van der Waals surface area (Å²) in [4.78, 5) is 3.27. The molecule has 2 aliphatic heterocycles. The Labute approximate surface area is 164 Å². The van der Waals surface area contributed by atoms with E-state index in [9.17, 15) is 8.42 Å². The van der Waals surface area contributed by atoms with Gasteiger partial charge in [0.15, 0.2) is 0 Å². The van der Waals surface area contributed by atoms with Crippen LogP contribution < -0.4 is 4.90 Å². The highest BCUT2D eigenvalue weighted by Crippen LogP contribution is 2.28. The zero-order valence-corrected chi connectivity index (χ0v) is 16.8. The van der Waals surface area contributed by atoms with Gasteiger partial charge in [0, 0.05) is 36.7 Å². The van der Waals surface area contributed by atoms with Crippen molar-refractivity contribution in [3.8, 4) is 0 Å². The molecule has 144 valence electrons. The summed E-state index contributed by atoms with van der Waals surface area (Å²) >= 11 is 1.33. The Morgan fingerprint density at radius 2 is 1.59 bits per heavy atom. The van der Waals surface area contributed by atoms with Crippen molar-refractivity contribution in [2.45, 2.75) is 17.1 Å². The Bertz CT molecular complexity index is 892. The third-order valence-corrected chi connectivity index (χ3v) is 8.39. The van der Waals surface area contributed by atoms with Gasteiger partial charge in [0.05, 0.1) is 13.2 Å². The molecular formula is C20H24N2O3S2. The number of thiophene rings is 1. The molecule has 0 bridgehead atoms. The standard InChI is InChI=1S/C20H24N2O3S2/c23-27(24,22-11-1-2-12-22)20-10-9-19(26-20)8-5-17-3-6-18(7-4-17)21-13-15-25-16-14-21/h3-10H,1-2,11-16H2. The molecule has 0 atom stereocenters. The van der Waals surface area contributed by atoms with Crippen molar-refractivity contribution < 1.29 is 13.2 Å². The number of hydrogen-bond acceptors (Lipinski definition) is 5. The smallest absolute Gasteiger partial charge is 0.252 e. The maximum absolute atomic E-state index is 12.6. The first-order chi connectivity index (χ1) is 13.1. The molecule has 5 nitrogen and oxygen atoms in total. The molecule has 1 aromatic carbocycles. The highest BCUT2D eigenvalue weighted by molar-refractivity contribution is 7.91. The third-order valence-electron chi connectivity index (χ3n) is 4.97. The van der Waals surface area contributed by atoms with Crippen LogP contribution in [0.25, 0.3) is 12.2 Å². The van der Waals surface area contributed by atoms with Crippen molar-refractivity contribution in [1.29, 1.82) is 0 Å². The van der Waals surface area contributed by atoms with Gasteiger partial charge in [-0.05, 0) is 48.7 Å². The average Bonchev–Trinajstić information content (AvgIpc) is 3.40. The molecule has 7 heteroatoms. The Morgan fingerprint density at radius 1 is 0.889 bits per heavy atom. The summed E-state index contributed by atoms with van der Waals surface area (Å²) in [7, 11) is -3.32. The summed E-state index contributed by atoms with van der Waals surface area (Å²) in [6, 6.07) is 12.0. The largest absolute Gasteiger partial charge is 0.378 e. The fourth-order valence-electron chi connectivity index (χ4n) is 3.41. The van der Waals surface area contributed by atoms with E-state index in [0.29, 0.717) is 17.3 Å². The van der Waals surface area contributed by atoms with E-state index >= 15 is 0 Å². The van der Waals surface area contributed by atoms with E-state index in [0.717, 1.165) is 49.6 Å². The zero-order valence-electron chi connectivity index (χ0n) is 15.2. The first-order valence-corrected chi connectivity index (χ1v) is 11.6. The zero-order chi connectivity index (χ0) is 18.7. The number of benzene rings is 1. The molecule has 0 N–H and O–H groups in total. The van der Waals surface area contributed by atoms with Crippen LogP contribution in [0.4, 0.5) is 5.69 Å².